The highest BCUT2D eigenvalue weighted by atomic mass is 35.5. The molecule has 0 bridgehead atoms. The van der Waals surface area contributed by atoms with Crippen molar-refractivity contribution in [2.24, 2.45) is 5.73 Å². The zero-order chi connectivity index (χ0) is 11.4. The Morgan fingerprint density at radius 1 is 1.60 bits per heavy atom. The highest BCUT2D eigenvalue weighted by Gasteiger charge is 2.05. The van der Waals surface area contributed by atoms with Crippen molar-refractivity contribution in [3.05, 3.63) is 34.4 Å². The highest BCUT2D eigenvalue weighted by Crippen LogP contribution is 2.30. The van der Waals surface area contributed by atoms with Crippen LogP contribution in [-0.2, 0) is 11.2 Å². The lowest BCUT2D eigenvalue weighted by Crippen LogP contribution is -2.05. The van der Waals surface area contributed by atoms with Crippen molar-refractivity contribution in [1.29, 1.82) is 0 Å². The molecule has 80 valence electrons. The maximum atomic E-state index is 10.5. The molecule has 0 unspecified atom stereocenters. The molecule has 1 rings (SSSR count). The summed E-state index contributed by atoms with van der Waals surface area (Å²) in [6.07, 6.45) is 3.44. The lowest BCUT2D eigenvalue weighted by Gasteiger charge is -2.04. The van der Waals surface area contributed by atoms with Crippen molar-refractivity contribution >= 4 is 23.6 Å². The number of hydrogen-bond donors (Lipinski definition) is 2. The van der Waals surface area contributed by atoms with Gasteiger partial charge in [0, 0.05) is 11.6 Å². The molecule has 0 aliphatic carbocycles. The second-order valence-corrected chi connectivity index (χ2v) is 3.51. The largest absolute Gasteiger partial charge is 0.506 e. The molecule has 0 saturated heterocycles. The molecule has 1 aromatic carbocycles. The first kappa shape index (κ1) is 11.6. The summed E-state index contributed by atoms with van der Waals surface area (Å²) in [7, 11) is 0. The highest BCUT2D eigenvalue weighted by molar-refractivity contribution is 6.32. The van der Waals surface area contributed by atoms with E-state index in [0.29, 0.717) is 5.56 Å². The molecule has 15 heavy (non-hydrogen) atoms. The average molecular weight is 226 g/mol. The zero-order valence-corrected chi connectivity index (χ0v) is 9.08. The van der Waals surface area contributed by atoms with Gasteiger partial charge in [-0.25, -0.2) is 0 Å². The van der Waals surface area contributed by atoms with Gasteiger partial charge in [0.2, 0.25) is 5.91 Å². The van der Waals surface area contributed by atoms with Gasteiger partial charge in [-0.05, 0) is 30.2 Å². The average Bonchev–Trinajstić information content (AvgIpc) is 2.19. The van der Waals surface area contributed by atoms with Gasteiger partial charge >= 0.3 is 0 Å². The summed E-state index contributed by atoms with van der Waals surface area (Å²) in [5, 5.41) is 9.87. The summed E-state index contributed by atoms with van der Waals surface area (Å²) in [4.78, 5) is 10.5. The van der Waals surface area contributed by atoms with E-state index in [1.165, 1.54) is 12.2 Å². The Labute approximate surface area is 93.2 Å². The number of phenolic OH excluding ortho intramolecular Hbond substituents is 1. The number of phenols is 1. The smallest absolute Gasteiger partial charge is 0.241 e. The fourth-order valence-corrected chi connectivity index (χ4v) is 1.43. The summed E-state index contributed by atoms with van der Waals surface area (Å²) in [5.41, 5.74) is 6.44. The van der Waals surface area contributed by atoms with Gasteiger partial charge in [-0.1, -0.05) is 18.5 Å². The third-order valence-corrected chi connectivity index (χ3v) is 2.28. The molecule has 3 N–H and O–H groups in total. The van der Waals surface area contributed by atoms with E-state index in [4.69, 9.17) is 17.3 Å². The number of amides is 1. The molecule has 4 heteroatoms. The van der Waals surface area contributed by atoms with Gasteiger partial charge in [-0.3, -0.25) is 4.79 Å². The van der Waals surface area contributed by atoms with E-state index < -0.39 is 5.91 Å². The predicted molar refractivity (Wildman–Crippen MR) is 60.7 cm³/mol. The quantitative estimate of drug-likeness (QED) is 0.774. The summed E-state index contributed by atoms with van der Waals surface area (Å²) in [5.74, 6) is -0.598. The maximum absolute atomic E-state index is 10.5. The van der Waals surface area contributed by atoms with Crippen LogP contribution in [0.15, 0.2) is 18.2 Å². The molecule has 0 aliphatic heterocycles. The molecule has 0 saturated carbocycles. The van der Waals surface area contributed by atoms with Crippen molar-refractivity contribution in [2.45, 2.75) is 13.3 Å². The van der Waals surface area contributed by atoms with Gasteiger partial charge < -0.3 is 10.8 Å². The van der Waals surface area contributed by atoms with Gasteiger partial charge in [-0.2, -0.15) is 0 Å². The summed E-state index contributed by atoms with van der Waals surface area (Å²) in [6, 6.07) is 3.46. The number of nitrogens with two attached hydrogens (primary N) is 1. The van der Waals surface area contributed by atoms with Crippen LogP contribution in [0.25, 0.3) is 6.08 Å². The number of benzene rings is 1. The molecule has 0 heterocycles. The van der Waals surface area contributed by atoms with Crippen molar-refractivity contribution in [2.75, 3.05) is 0 Å². The van der Waals surface area contributed by atoms with Gasteiger partial charge in [0.05, 0.1) is 5.02 Å². The Bertz CT molecular complexity index is 413. The molecular formula is C11H12ClNO2. The third kappa shape index (κ3) is 2.99. The van der Waals surface area contributed by atoms with E-state index in [0.717, 1.165) is 12.0 Å². The maximum Gasteiger partial charge on any atom is 0.241 e. The zero-order valence-electron chi connectivity index (χ0n) is 8.33. The lowest BCUT2D eigenvalue weighted by molar-refractivity contribution is -0.113. The van der Waals surface area contributed by atoms with E-state index >= 15 is 0 Å². The number of aromatic hydroxyl groups is 1. The van der Waals surface area contributed by atoms with E-state index in [9.17, 15) is 9.90 Å². The second-order valence-electron chi connectivity index (χ2n) is 3.10. The summed E-state index contributed by atoms with van der Waals surface area (Å²) < 4.78 is 0. The molecule has 0 radical (unpaired) electrons. The van der Waals surface area contributed by atoms with Crippen LogP contribution >= 0.6 is 11.6 Å². The molecule has 1 amide bonds. The van der Waals surface area contributed by atoms with Crippen LogP contribution in [-0.4, -0.2) is 11.0 Å². The fraction of sp³-hybridized carbons (Fsp3) is 0.182. The van der Waals surface area contributed by atoms with E-state index in [1.54, 1.807) is 12.1 Å². The van der Waals surface area contributed by atoms with Gasteiger partial charge in [-0.15, -0.1) is 0 Å². The van der Waals surface area contributed by atoms with E-state index in [1.807, 2.05) is 6.92 Å². The van der Waals surface area contributed by atoms with Gasteiger partial charge in [0.1, 0.15) is 5.75 Å². The minimum Gasteiger partial charge on any atom is -0.506 e. The van der Waals surface area contributed by atoms with Crippen molar-refractivity contribution in [3.63, 3.8) is 0 Å². The van der Waals surface area contributed by atoms with Crippen LogP contribution in [0, 0.1) is 0 Å². The first-order valence-corrected chi connectivity index (χ1v) is 4.91. The SMILES string of the molecule is CCc1cc(Cl)c(O)c(/C=C\C(N)=O)c1. The van der Waals surface area contributed by atoms with Crippen molar-refractivity contribution < 1.29 is 9.90 Å². The van der Waals surface area contributed by atoms with Gasteiger partial charge in [0.25, 0.3) is 0 Å². The Kier molecular flexibility index (Phi) is 3.74. The number of rotatable bonds is 3. The first-order chi connectivity index (χ1) is 7.04. The van der Waals surface area contributed by atoms with E-state index in [2.05, 4.69) is 0 Å². The summed E-state index contributed by atoms with van der Waals surface area (Å²) >= 11 is 5.81. The Morgan fingerprint density at radius 3 is 2.80 bits per heavy atom. The Hall–Kier alpha value is -1.48. The Morgan fingerprint density at radius 2 is 2.27 bits per heavy atom. The monoisotopic (exact) mass is 225 g/mol. The molecule has 3 nitrogen and oxygen atoms in total. The minimum atomic E-state index is -0.563. The van der Waals surface area contributed by atoms with Crippen LogP contribution in [0.1, 0.15) is 18.1 Å². The molecule has 0 fully saturated rings. The normalized spacial score (nSPS) is 10.8. The van der Waals surface area contributed by atoms with Crippen molar-refractivity contribution in [1.82, 2.24) is 0 Å². The minimum absolute atomic E-state index is 0.0358. The Balaban J connectivity index is 3.16. The second kappa shape index (κ2) is 4.84. The van der Waals surface area contributed by atoms with E-state index in [-0.39, 0.29) is 10.8 Å². The van der Waals surface area contributed by atoms with Crippen LogP contribution in [0.5, 0.6) is 5.75 Å². The number of hydrogen-bond acceptors (Lipinski definition) is 2. The number of halogens is 1. The number of aryl methyl sites for hydroxylation is 1. The molecule has 0 spiro atoms. The predicted octanol–water partition coefficient (Wildman–Crippen LogP) is 2.11. The standard InChI is InChI=1S/C11H12ClNO2/c1-2-7-5-8(3-4-10(13)14)11(15)9(12)6-7/h3-6,15H,2H2,1H3,(H2,13,14)/b4-3-. The van der Waals surface area contributed by atoms with Crippen LogP contribution in [0.4, 0.5) is 0 Å². The fourth-order valence-electron chi connectivity index (χ4n) is 1.18. The number of carbonyl (C=O) groups is 1. The first-order valence-electron chi connectivity index (χ1n) is 4.53. The molecule has 0 aliphatic rings. The number of primary amides is 1. The molecule has 1 aromatic rings. The van der Waals surface area contributed by atoms with Crippen LogP contribution in [0.2, 0.25) is 5.02 Å². The third-order valence-electron chi connectivity index (χ3n) is 1.99. The van der Waals surface area contributed by atoms with Crippen LogP contribution < -0.4 is 5.73 Å². The summed E-state index contributed by atoms with van der Waals surface area (Å²) in [6.45, 7) is 1.98. The molecule has 0 atom stereocenters. The lowest BCUT2D eigenvalue weighted by atomic mass is 10.1. The van der Waals surface area contributed by atoms with Crippen molar-refractivity contribution in [3.8, 4) is 5.75 Å². The molecule has 0 aromatic heterocycles. The topological polar surface area (TPSA) is 63.3 Å². The molecular weight excluding hydrogens is 214 g/mol. The van der Waals surface area contributed by atoms with Gasteiger partial charge in [0.15, 0.2) is 0 Å². The number of carbonyl (C=O) groups excluding carboxylic acids is 1. The van der Waals surface area contributed by atoms with Crippen LogP contribution in [0.3, 0.4) is 0 Å².